The van der Waals surface area contributed by atoms with Crippen molar-refractivity contribution in [3.05, 3.63) is 11.6 Å². The van der Waals surface area contributed by atoms with Crippen molar-refractivity contribution in [1.29, 1.82) is 0 Å². The Hall–Kier alpha value is -0.760. The van der Waals surface area contributed by atoms with Gasteiger partial charge in [0.2, 0.25) is 0 Å². The maximum atomic E-state index is 12.8. The summed E-state index contributed by atoms with van der Waals surface area (Å²) in [6.45, 7) is 0.824. The molecule has 0 radical (unpaired) electrons. The summed E-state index contributed by atoms with van der Waals surface area (Å²) in [5, 5.41) is 11.5. The number of hydrogen-bond donors (Lipinski definition) is 1. The zero-order valence-corrected chi connectivity index (χ0v) is 11.1. The molecule has 3 rings (SSSR count). The highest BCUT2D eigenvalue weighted by Gasteiger charge is 2.42. The summed E-state index contributed by atoms with van der Waals surface area (Å²) in [6.07, 6.45) is -3.65. The molecule has 2 aliphatic heterocycles. The van der Waals surface area contributed by atoms with Crippen LogP contribution in [0.25, 0.3) is 0 Å². The SMILES string of the molecule is FC(F)(F)C1CCc2nnc(C3CSCCN3)n2C1. The molecule has 2 unspecified atom stereocenters. The Morgan fingerprint density at radius 1 is 1.32 bits per heavy atom. The molecule has 0 spiro atoms. The summed E-state index contributed by atoms with van der Waals surface area (Å²) in [6, 6.07) is 0.0204. The number of nitrogens with zero attached hydrogens (tertiary/aromatic N) is 3. The topological polar surface area (TPSA) is 42.7 Å². The van der Waals surface area contributed by atoms with Crippen molar-refractivity contribution in [2.24, 2.45) is 5.92 Å². The van der Waals surface area contributed by atoms with Crippen LogP contribution >= 0.6 is 11.8 Å². The lowest BCUT2D eigenvalue weighted by molar-refractivity contribution is -0.182. The Labute approximate surface area is 113 Å². The van der Waals surface area contributed by atoms with E-state index in [9.17, 15) is 13.2 Å². The zero-order chi connectivity index (χ0) is 13.5. The molecule has 0 aromatic carbocycles. The number of fused-ring (bicyclic) bond motifs is 1. The van der Waals surface area contributed by atoms with Gasteiger partial charge in [-0.05, 0) is 6.42 Å². The lowest BCUT2D eigenvalue weighted by atomic mass is 9.98. The number of rotatable bonds is 1. The number of aryl methyl sites for hydroxylation is 1. The fourth-order valence-electron chi connectivity index (χ4n) is 2.60. The first kappa shape index (κ1) is 13.2. The van der Waals surface area contributed by atoms with E-state index in [0.29, 0.717) is 18.1 Å². The molecule has 0 aliphatic carbocycles. The molecule has 8 heteroatoms. The van der Waals surface area contributed by atoms with E-state index in [-0.39, 0.29) is 19.0 Å². The van der Waals surface area contributed by atoms with Crippen molar-refractivity contribution in [3.8, 4) is 0 Å². The number of nitrogens with one attached hydrogen (secondary N) is 1. The predicted octanol–water partition coefficient (Wildman–Crippen LogP) is 1.78. The monoisotopic (exact) mass is 292 g/mol. The van der Waals surface area contributed by atoms with Crippen LogP contribution in [0, 0.1) is 5.92 Å². The number of hydrogen-bond acceptors (Lipinski definition) is 4. The van der Waals surface area contributed by atoms with Crippen molar-refractivity contribution >= 4 is 11.8 Å². The van der Waals surface area contributed by atoms with Gasteiger partial charge in [0.25, 0.3) is 0 Å². The molecule has 1 saturated heterocycles. The summed E-state index contributed by atoms with van der Waals surface area (Å²) >= 11 is 1.79. The molecule has 0 bridgehead atoms. The van der Waals surface area contributed by atoms with Gasteiger partial charge in [0.15, 0.2) is 5.82 Å². The van der Waals surface area contributed by atoms with Crippen molar-refractivity contribution in [2.45, 2.75) is 31.6 Å². The quantitative estimate of drug-likeness (QED) is 0.857. The molecule has 2 aliphatic rings. The first-order valence-corrected chi connectivity index (χ1v) is 7.51. The van der Waals surface area contributed by atoms with E-state index in [1.165, 1.54) is 0 Å². The van der Waals surface area contributed by atoms with E-state index in [4.69, 9.17) is 0 Å². The second-order valence-electron chi connectivity index (χ2n) is 4.94. The van der Waals surface area contributed by atoms with Gasteiger partial charge in [0.05, 0.1) is 12.0 Å². The third-order valence-corrected chi connectivity index (χ3v) is 4.73. The Kier molecular flexibility index (Phi) is 3.46. The number of alkyl halides is 3. The molecule has 0 saturated carbocycles. The molecule has 1 aromatic rings. The van der Waals surface area contributed by atoms with Crippen LogP contribution in [-0.2, 0) is 13.0 Å². The van der Waals surface area contributed by atoms with Crippen LogP contribution in [0.3, 0.4) is 0 Å². The molecule has 0 amide bonds. The molecule has 4 nitrogen and oxygen atoms in total. The van der Waals surface area contributed by atoms with Gasteiger partial charge in [-0.2, -0.15) is 24.9 Å². The summed E-state index contributed by atoms with van der Waals surface area (Å²) in [4.78, 5) is 0. The predicted molar refractivity (Wildman–Crippen MR) is 66.0 cm³/mol. The van der Waals surface area contributed by atoms with Crippen LogP contribution < -0.4 is 5.32 Å². The molecular formula is C11H15F3N4S. The second kappa shape index (κ2) is 4.97. The number of halogens is 3. The Morgan fingerprint density at radius 3 is 2.84 bits per heavy atom. The lowest BCUT2D eigenvalue weighted by Gasteiger charge is -2.29. The first-order valence-electron chi connectivity index (χ1n) is 6.35. The Morgan fingerprint density at radius 2 is 2.16 bits per heavy atom. The minimum absolute atomic E-state index is 0.0204. The average Bonchev–Trinajstić information content (AvgIpc) is 2.81. The maximum Gasteiger partial charge on any atom is 0.393 e. The van der Waals surface area contributed by atoms with Gasteiger partial charge >= 0.3 is 6.18 Å². The van der Waals surface area contributed by atoms with Crippen molar-refractivity contribution in [2.75, 3.05) is 18.1 Å². The van der Waals surface area contributed by atoms with Crippen LogP contribution in [0.15, 0.2) is 0 Å². The fourth-order valence-corrected chi connectivity index (χ4v) is 3.54. The van der Waals surface area contributed by atoms with Gasteiger partial charge in [-0.15, -0.1) is 10.2 Å². The molecule has 1 fully saturated rings. The molecule has 19 heavy (non-hydrogen) atoms. The fraction of sp³-hybridized carbons (Fsp3) is 0.818. The van der Waals surface area contributed by atoms with Crippen LogP contribution in [0.5, 0.6) is 0 Å². The van der Waals surface area contributed by atoms with Gasteiger partial charge in [-0.1, -0.05) is 0 Å². The average molecular weight is 292 g/mol. The van der Waals surface area contributed by atoms with Crippen LogP contribution in [0.1, 0.15) is 24.1 Å². The number of aromatic nitrogens is 3. The highest BCUT2D eigenvalue weighted by atomic mass is 32.2. The minimum atomic E-state index is -4.13. The first-order chi connectivity index (χ1) is 9.05. The number of thioether (sulfide) groups is 1. The van der Waals surface area contributed by atoms with Gasteiger partial charge in [0.1, 0.15) is 5.82 Å². The van der Waals surface area contributed by atoms with Crippen molar-refractivity contribution in [3.63, 3.8) is 0 Å². The highest BCUT2D eigenvalue weighted by molar-refractivity contribution is 7.99. The third-order valence-electron chi connectivity index (χ3n) is 3.67. The van der Waals surface area contributed by atoms with Gasteiger partial charge < -0.3 is 9.88 Å². The van der Waals surface area contributed by atoms with Gasteiger partial charge in [0, 0.05) is 31.0 Å². The maximum absolute atomic E-state index is 12.8. The van der Waals surface area contributed by atoms with E-state index in [1.807, 2.05) is 0 Å². The standard InChI is InChI=1S/C11H15F3N4S/c12-11(13,14)7-1-2-9-16-17-10(18(9)5-7)8-6-19-4-3-15-8/h7-8,15H,1-6H2. The van der Waals surface area contributed by atoms with E-state index in [1.54, 1.807) is 16.3 Å². The normalized spacial score (nSPS) is 28.2. The van der Waals surface area contributed by atoms with E-state index >= 15 is 0 Å². The lowest BCUT2D eigenvalue weighted by Crippen LogP contribution is -2.36. The van der Waals surface area contributed by atoms with E-state index in [2.05, 4.69) is 15.5 Å². The Bertz CT molecular complexity index is 453. The van der Waals surface area contributed by atoms with Crippen LogP contribution in [0.2, 0.25) is 0 Å². The molecular weight excluding hydrogens is 277 g/mol. The molecule has 3 heterocycles. The summed E-state index contributed by atoms with van der Waals surface area (Å²) in [5.41, 5.74) is 0. The van der Waals surface area contributed by atoms with Crippen LogP contribution in [-0.4, -0.2) is 39.0 Å². The largest absolute Gasteiger partial charge is 0.393 e. The third kappa shape index (κ3) is 2.60. The van der Waals surface area contributed by atoms with E-state index < -0.39 is 12.1 Å². The summed E-state index contributed by atoms with van der Waals surface area (Å²) in [5.74, 6) is 1.95. The molecule has 1 aromatic heterocycles. The second-order valence-corrected chi connectivity index (χ2v) is 6.09. The highest BCUT2D eigenvalue weighted by Crippen LogP contribution is 2.35. The molecule has 1 N–H and O–H groups in total. The van der Waals surface area contributed by atoms with Gasteiger partial charge in [-0.3, -0.25) is 0 Å². The van der Waals surface area contributed by atoms with Crippen molar-refractivity contribution in [1.82, 2.24) is 20.1 Å². The van der Waals surface area contributed by atoms with E-state index in [0.717, 1.165) is 18.1 Å². The van der Waals surface area contributed by atoms with Crippen LogP contribution in [0.4, 0.5) is 13.2 Å². The summed E-state index contributed by atoms with van der Waals surface area (Å²) in [7, 11) is 0. The molecule has 2 atom stereocenters. The smallest absolute Gasteiger partial charge is 0.313 e. The molecule has 106 valence electrons. The minimum Gasteiger partial charge on any atom is -0.313 e. The Balaban J connectivity index is 1.84. The van der Waals surface area contributed by atoms with Gasteiger partial charge in [-0.25, -0.2) is 0 Å². The van der Waals surface area contributed by atoms with Crippen molar-refractivity contribution < 1.29 is 13.2 Å². The summed E-state index contributed by atoms with van der Waals surface area (Å²) < 4.78 is 40.2. The zero-order valence-electron chi connectivity index (χ0n) is 10.3.